The molecule has 0 radical (unpaired) electrons. The molecule has 0 unspecified atom stereocenters. The van der Waals surface area contributed by atoms with Gasteiger partial charge in [-0.05, 0) is 36.4 Å². The van der Waals surface area contributed by atoms with E-state index in [4.69, 9.17) is 27.9 Å². The minimum absolute atomic E-state index is 0.0221. The van der Waals surface area contributed by atoms with Gasteiger partial charge in [-0.25, -0.2) is 4.79 Å². The fourth-order valence-electron chi connectivity index (χ4n) is 2.49. The highest BCUT2D eigenvalue weighted by Crippen LogP contribution is 2.39. The van der Waals surface area contributed by atoms with E-state index in [9.17, 15) is 14.7 Å². The molecule has 1 aromatic heterocycles. The Morgan fingerprint density at radius 3 is 2.37 bits per heavy atom. The van der Waals surface area contributed by atoms with Crippen molar-refractivity contribution in [1.29, 1.82) is 0 Å². The number of carbonyl (C=O) groups excluding carboxylic acids is 1. The maximum atomic E-state index is 12.5. The molecule has 3 rings (SSSR count). The van der Waals surface area contributed by atoms with Crippen LogP contribution in [0.5, 0.6) is 5.75 Å². The number of hydrogen-bond donors (Lipinski definition) is 2. The van der Waals surface area contributed by atoms with Crippen LogP contribution in [0.15, 0.2) is 47.8 Å². The van der Waals surface area contributed by atoms with Crippen molar-refractivity contribution in [2.45, 2.75) is 0 Å². The fraction of sp³-hybridized carbons (Fsp3) is 0.0526. The molecule has 3 aromatic rings. The van der Waals surface area contributed by atoms with Gasteiger partial charge in [-0.15, -0.1) is 11.3 Å². The van der Waals surface area contributed by atoms with Gasteiger partial charge >= 0.3 is 5.97 Å². The number of amides is 1. The topological polar surface area (TPSA) is 75.6 Å². The number of carboxylic acids is 1. The van der Waals surface area contributed by atoms with Crippen LogP contribution in [0.2, 0.25) is 10.0 Å². The number of halogens is 2. The lowest BCUT2D eigenvalue weighted by molar-refractivity contribution is 0.0699. The van der Waals surface area contributed by atoms with Crippen molar-refractivity contribution in [2.75, 3.05) is 12.4 Å². The van der Waals surface area contributed by atoms with Gasteiger partial charge in [-0.2, -0.15) is 0 Å². The SMILES string of the molecule is COc1ccc(C(=O)Nc2scc(-c3ccc(Cl)cc3Cl)c2C(=O)O)cc1. The van der Waals surface area contributed by atoms with Crippen molar-refractivity contribution in [1.82, 2.24) is 0 Å². The van der Waals surface area contributed by atoms with Gasteiger partial charge in [0, 0.05) is 32.1 Å². The van der Waals surface area contributed by atoms with E-state index in [1.165, 1.54) is 13.2 Å². The number of hydrogen-bond acceptors (Lipinski definition) is 4. The third-order valence-corrected chi connectivity index (χ3v) is 5.25. The zero-order valence-electron chi connectivity index (χ0n) is 14.0. The molecule has 1 heterocycles. The fourth-order valence-corrected chi connectivity index (χ4v) is 3.94. The number of anilines is 1. The molecule has 138 valence electrons. The summed E-state index contributed by atoms with van der Waals surface area (Å²) in [4.78, 5) is 24.3. The Bertz CT molecular complexity index is 1020. The van der Waals surface area contributed by atoms with Crippen LogP contribution in [0.4, 0.5) is 5.00 Å². The van der Waals surface area contributed by atoms with Crippen molar-refractivity contribution in [3.05, 3.63) is 69.0 Å². The molecule has 2 N–H and O–H groups in total. The predicted molar refractivity (Wildman–Crippen MR) is 108 cm³/mol. The van der Waals surface area contributed by atoms with E-state index in [1.54, 1.807) is 41.8 Å². The van der Waals surface area contributed by atoms with Gasteiger partial charge < -0.3 is 15.2 Å². The molecule has 5 nitrogen and oxygen atoms in total. The first-order valence-corrected chi connectivity index (χ1v) is 9.30. The Morgan fingerprint density at radius 2 is 1.78 bits per heavy atom. The average Bonchev–Trinajstić information content (AvgIpc) is 3.05. The van der Waals surface area contributed by atoms with E-state index in [1.807, 2.05) is 0 Å². The van der Waals surface area contributed by atoms with Crippen LogP contribution in [-0.4, -0.2) is 24.1 Å². The molecule has 0 spiro atoms. The Morgan fingerprint density at radius 1 is 1.07 bits per heavy atom. The van der Waals surface area contributed by atoms with E-state index >= 15 is 0 Å². The maximum absolute atomic E-state index is 12.5. The third-order valence-electron chi connectivity index (χ3n) is 3.81. The molecule has 2 aromatic carbocycles. The predicted octanol–water partition coefficient (Wildman–Crippen LogP) is 5.68. The molecule has 0 aliphatic carbocycles. The first-order chi connectivity index (χ1) is 12.9. The summed E-state index contributed by atoms with van der Waals surface area (Å²) in [7, 11) is 1.53. The number of aromatic carboxylic acids is 1. The second-order valence-corrected chi connectivity index (χ2v) is 7.19. The highest BCUT2D eigenvalue weighted by Gasteiger charge is 2.22. The monoisotopic (exact) mass is 421 g/mol. The van der Waals surface area contributed by atoms with Crippen molar-refractivity contribution in [3.8, 4) is 16.9 Å². The van der Waals surface area contributed by atoms with Gasteiger partial charge in [0.25, 0.3) is 5.91 Å². The molecule has 27 heavy (non-hydrogen) atoms. The van der Waals surface area contributed by atoms with E-state index in [0.717, 1.165) is 11.3 Å². The lowest BCUT2D eigenvalue weighted by atomic mass is 10.0. The second kappa shape index (κ2) is 8.00. The van der Waals surface area contributed by atoms with Gasteiger partial charge in [0.05, 0.1) is 7.11 Å². The molecule has 0 atom stereocenters. The van der Waals surface area contributed by atoms with Crippen LogP contribution in [-0.2, 0) is 0 Å². The molecular formula is C19H13Cl2NO4S. The number of carboxylic acid groups (broad SMARTS) is 1. The summed E-state index contributed by atoms with van der Waals surface area (Å²) in [6.07, 6.45) is 0. The molecule has 0 bridgehead atoms. The smallest absolute Gasteiger partial charge is 0.339 e. The van der Waals surface area contributed by atoms with E-state index in [-0.39, 0.29) is 10.6 Å². The van der Waals surface area contributed by atoms with E-state index in [2.05, 4.69) is 5.32 Å². The third kappa shape index (κ3) is 4.08. The Hall–Kier alpha value is -2.54. The summed E-state index contributed by atoms with van der Waals surface area (Å²) in [6.45, 7) is 0. The van der Waals surface area contributed by atoms with Crippen LogP contribution >= 0.6 is 34.5 Å². The van der Waals surface area contributed by atoms with Crippen LogP contribution in [0.3, 0.4) is 0 Å². The number of benzene rings is 2. The Balaban J connectivity index is 1.95. The Kier molecular flexibility index (Phi) is 5.70. The van der Waals surface area contributed by atoms with E-state index in [0.29, 0.717) is 32.5 Å². The summed E-state index contributed by atoms with van der Waals surface area (Å²) in [5, 5.41) is 15.0. The summed E-state index contributed by atoms with van der Waals surface area (Å²) in [6, 6.07) is 11.3. The lowest BCUT2D eigenvalue weighted by Gasteiger charge is -2.08. The summed E-state index contributed by atoms with van der Waals surface area (Å²) < 4.78 is 5.06. The second-order valence-electron chi connectivity index (χ2n) is 5.47. The number of nitrogens with one attached hydrogen (secondary N) is 1. The number of thiophene rings is 1. The number of methoxy groups -OCH3 is 1. The molecule has 0 fully saturated rings. The van der Waals surface area contributed by atoms with Crippen LogP contribution in [0.1, 0.15) is 20.7 Å². The van der Waals surface area contributed by atoms with Crippen molar-refractivity contribution in [3.63, 3.8) is 0 Å². The standard InChI is InChI=1S/C19H13Cl2NO4S/c1-26-12-5-2-10(3-6-12)17(23)22-18-16(19(24)25)14(9-27-18)13-7-4-11(20)8-15(13)21/h2-9H,1H3,(H,22,23)(H,24,25). The largest absolute Gasteiger partial charge is 0.497 e. The molecule has 0 saturated carbocycles. The molecule has 0 aliphatic rings. The van der Waals surface area contributed by atoms with Crippen molar-refractivity contribution < 1.29 is 19.4 Å². The molecule has 0 saturated heterocycles. The number of ether oxygens (including phenoxy) is 1. The average molecular weight is 422 g/mol. The molecule has 0 aliphatic heterocycles. The summed E-state index contributed by atoms with van der Waals surface area (Å²) in [5.41, 5.74) is 1.30. The van der Waals surface area contributed by atoms with Gasteiger partial charge in [-0.3, -0.25) is 4.79 Å². The Labute approximate surface area is 169 Å². The summed E-state index contributed by atoms with van der Waals surface area (Å²) in [5.74, 6) is -0.966. The number of carbonyl (C=O) groups is 2. The summed E-state index contributed by atoms with van der Waals surface area (Å²) >= 11 is 13.2. The molecule has 8 heteroatoms. The minimum Gasteiger partial charge on any atom is -0.497 e. The van der Waals surface area contributed by atoms with Crippen LogP contribution < -0.4 is 10.1 Å². The van der Waals surface area contributed by atoms with Crippen molar-refractivity contribution in [2.24, 2.45) is 0 Å². The van der Waals surface area contributed by atoms with Gasteiger partial charge in [0.1, 0.15) is 16.3 Å². The van der Waals surface area contributed by atoms with Gasteiger partial charge in [-0.1, -0.05) is 29.3 Å². The zero-order chi connectivity index (χ0) is 19.6. The van der Waals surface area contributed by atoms with E-state index < -0.39 is 11.9 Å². The minimum atomic E-state index is -1.16. The number of rotatable bonds is 5. The van der Waals surface area contributed by atoms with Crippen molar-refractivity contribution >= 4 is 51.4 Å². The highest BCUT2D eigenvalue weighted by molar-refractivity contribution is 7.15. The molecular weight excluding hydrogens is 409 g/mol. The first-order valence-electron chi connectivity index (χ1n) is 7.66. The highest BCUT2D eigenvalue weighted by atomic mass is 35.5. The zero-order valence-corrected chi connectivity index (χ0v) is 16.3. The van der Waals surface area contributed by atoms with Gasteiger partial charge in [0.2, 0.25) is 0 Å². The van der Waals surface area contributed by atoms with Crippen LogP contribution in [0.25, 0.3) is 11.1 Å². The normalized spacial score (nSPS) is 10.5. The van der Waals surface area contributed by atoms with Gasteiger partial charge in [0.15, 0.2) is 0 Å². The maximum Gasteiger partial charge on any atom is 0.339 e. The molecule has 1 amide bonds. The lowest BCUT2D eigenvalue weighted by Crippen LogP contribution is -2.13. The quantitative estimate of drug-likeness (QED) is 0.555. The van der Waals surface area contributed by atoms with Crippen LogP contribution in [0, 0.1) is 0 Å². The first kappa shape index (κ1) is 19.2.